The summed E-state index contributed by atoms with van der Waals surface area (Å²) < 4.78 is 29.7. The number of aliphatic hydroxyl groups is 2. The third-order valence-corrected chi connectivity index (χ3v) is 6.87. The highest BCUT2D eigenvalue weighted by Crippen LogP contribution is 2.28. The number of oxime groups is 1. The first-order chi connectivity index (χ1) is 17.8. The van der Waals surface area contributed by atoms with E-state index in [0.29, 0.717) is 31.5 Å². The largest absolute Gasteiger partial charge is 0.395 e. The smallest absolute Gasteiger partial charge is 0.255 e. The van der Waals surface area contributed by atoms with E-state index < -0.39 is 17.2 Å². The van der Waals surface area contributed by atoms with Crippen LogP contribution in [0.5, 0.6) is 0 Å². The molecular formula is C26H25Cl2F2N3O4. The maximum atomic E-state index is 14.9. The van der Waals surface area contributed by atoms with Crippen molar-refractivity contribution in [2.45, 2.75) is 25.0 Å². The van der Waals surface area contributed by atoms with E-state index in [1.165, 1.54) is 29.0 Å². The number of aromatic nitrogens is 1. The van der Waals surface area contributed by atoms with Crippen molar-refractivity contribution in [3.63, 3.8) is 0 Å². The van der Waals surface area contributed by atoms with Gasteiger partial charge < -0.3 is 15.1 Å². The third-order valence-electron chi connectivity index (χ3n) is 6.26. The zero-order valence-electron chi connectivity index (χ0n) is 19.7. The number of hydrogen-bond donors (Lipinski definition) is 2. The number of halogens is 4. The molecule has 2 aromatic carbocycles. The van der Waals surface area contributed by atoms with Crippen LogP contribution in [0.15, 0.2) is 64.7 Å². The van der Waals surface area contributed by atoms with Crippen LogP contribution in [0.4, 0.5) is 8.78 Å². The molecule has 4 rings (SSSR count). The van der Waals surface area contributed by atoms with Gasteiger partial charge in [-0.3, -0.25) is 14.3 Å². The second-order valence-corrected chi connectivity index (χ2v) is 9.43. The van der Waals surface area contributed by atoms with E-state index in [1.54, 1.807) is 18.2 Å². The highest BCUT2D eigenvalue weighted by molar-refractivity contribution is 6.37. The molecule has 2 N–H and O–H groups in total. The third kappa shape index (κ3) is 6.19. The number of hydrogen-bond acceptors (Lipinski definition) is 6. The molecule has 0 spiro atoms. The molecule has 1 aliphatic rings. The molecule has 7 nitrogen and oxygen atoms in total. The molecule has 3 aromatic rings. The van der Waals surface area contributed by atoms with Crippen LogP contribution < -0.4 is 5.56 Å². The van der Waals surface area contributed by atoms with Gasteiger partial charge in [0.15, 0.2) is 0 Å². The van der Waals surface area contributed by atoms with Crippen LogP contribution in [0, 0.1) is 11.6 Å². The van der Waals surface area contributed by atoms with Crippen LogP contribution in [0.2, 0.25) is 10.0 Å². The van der Waals surface area contributed by atoms with Crippen molar-refractivity contribution in [1.29, 1.82) is 0 Å². The Morgan fingerprint density at radius 1 is 1.05 bits per heavy atom. The van der Waals surface area contributed by atoms with E-state index in [0.717, 1.165) is 12.1 Å². The number of nitrogens with zero attached hydrogens (tertiary/aromatic N) is 3. The Kier molecular flexibility index (Phi) is 8.94. The number of likely N-dealkylation sites (tertiary alicyclic amines) is 1. The fourth-order valence-electron chi connectivity index (χ4n) is 4.22. The van der Waals surface area contributed by atoms with Crippen molar-refractivity contribution in [2.24, 2.45) is 5.16 Å². The van der Waals surface area contributed by atoms with Crippen molar-refractivity contribution >= 4 is 28.9 Å². The minimum atomic E-state index is -0.848. The van der Waals surface area contributed by atoms with Crippen LogP contribution in [0.1, 0.15) is 24.0 Å². The molecule has 1 aromatic heterocycles. The van der Waals surface area contributed by atoms with Crippen molar-refractivity contribution in [1.82, 2.24) is 9.47 Å². The molecule has 0 radical (unpaired) electrons. The number of aliphatic hydroxyl groups excluding tert-OH is 2. The van der Waals surface area contributed by atoms with Crippen LogP contribution in [0.25, 0.3) is 5.69 Å². The van der Waals surface area contributed by atoms with Gasteiger partial charge >= 0.3 is 0 Å². The maximum Gasteiger partial charge on any atom is 0.255 e. The first-order valence-electron chi connectivity index (χ1n) is 11.6. The molecule has 1 fully saturated rings. The van der Waals surface area contributed by atoms with Crippen molar-refractivity contribution < 1.29 is 23.8 Å². The quantitative estimate of drug-likeness (QED) is 0.326. The lowest BCUT2D eigenvalue weighted by atomic mass is 10.0. The molecule has 37 heavy (non-hydrogen) atoms. The predicted octanol–water partition coefficient (Wildman–Crippen LogP) is 4.01. The molecule has 0 atom stereocenters. The summed E-state index contributed by atoms with van der Waals surface area (Å²) in [5.41, 5.74) is 0.190. The van der Waals surface area contributed by atoms with Crippen molar-refractivity contribution in [3.8, 4) is 5.69 Å². The summed E-state index contributed by atoms with van der Waals surface area (Å²) in [6.07, 6.45) is 2.24. The van der Waals surface area contributed by atoms with Gasteiger partial charge in [-0.15, -0.1) is 0 Å². The van der Waals surface area contributed by atoms with Gasteiger partial charge in [0, 0.05) is 42.5 Å². The summed E-state index contributed by atoms with van der Waals surface area (Å²) in [5.74, 6) is -1.59. The molecule has 0 unspecified atom stereocenters. The summed E-state index contributed by atoms with van der Waals surface area (Å²) >= 11 is 12.6. The molecule has 2 heterocycles. The van der Waals surface area contributed by atoms with E-state index in [4.69, 9.17) is 28.0 Å². The van der Waals surface area contributed by atoms with Gasteiger partial charge in [-0.1, -0.05) is 34.4 Å². The Balaban J connectivity index is 1.70. The van der Waals surface area contributed by atoms with Gasteiger partial charge in [0.1, 0.15) is 23.5 Å². The van der Waals surface area contributed by atoms with Gasteiger partial charge in [-0.05, 0) is 43.2 Å². The van der Waals surface area contributed by atoms with Crippen LogP contribution >= 0.6 is 23.2 Å². The van der Waals surface area contributed by atoms with E-state index in [1.807, 2.05) is 4.90 Å². The lowest BCUT2D eigenvalue weighted by Crippen LogP contribution is -2.46. The monoisotopic (exact) mass is 551 g/mol. The topological polar surface area (TPSA) is 87.3 Å². The van der Waals surface area contributed by atoms with Gasteiger partial charge in [0.25, 0.3) is 5.56 Å². The summed E-state index contributed by atoms with van der Waals surface area (Å²) in [4.78, 5) is 20.5. The fraction of sp³-hybridized carbons (Fsp3) is 0.308. The molecule has 1 aliphatic heterocycles. The maximum absolute atomic E-state index is 14.9. The lowest BCUT2D eigenvalue weighted by Gasteiger charge is -2.35. The second-order valence-electron chi connectivity index (χ2n) is 8.62. The minimum Gasteiger partial charge on any atom is -0.395 e. The molecular weight excluding hydrogens is 527 g/mol. The Hall–Kier alpha value is -2.82. The normalized spacial score (nSPS) is 15.4. The number of benzene rings is 2. The van der Waals surface area contributed by atoms with Crippen LogP contribution in [-0.4, -0.2) is 63.8 Å². The Morgan fingerprint density at radius 3 is 2.35 bits per heavy atom. The SMILES string of the molecule is O=c1ccc(/C(=N/OC2CCN(C(CO)CO)CC2)c2ccc(F)cc2F)cn1-c1c(Cl)cccc1Cl. The summed E-state index contributed by atoms with van der Waals surface area (Å²) in [5, 5.41) is 23.6. The fourth-order valence-corrected chi connectivity index (χ4v) is 4.80. The number of rotatable bonds is 8. The first-order valence-corrected chi connectivity index (χ1v) is 12.4. The standard InChI is InChI=1S/C26H25Cl2F2N3O4/c27-21-2-1-3-22(28)26(21)33-13-16(4-7-24(33)36)25(20-6-5-17(29)12-23(20)30)31-37-19-8-10-32(11-9-19)18(14-34)15-35/h1-7,12-13,18-19,34-35H,8-11,14-15H2/b31-25-. The zero-order valence-corrected chi connectivity index (χ0v) is 21.2. The number of pyridine rings is 1. The zero-order chi connectivity index (χ0) is 26.5. The van der Waals surface area contributed by atoms with E-state index in [9.17, 15) is 23.8 Å². The Bertz CT molecular complexity index is 1320. The van der Waals surface area contributed by atoms with E-state index in [2.05, 4.69) is 5.16 Å². The predicted molar refractivity (Wildman–Crippen MR) is 138 cm³/mol. The summed E-state index contributed by atoms with van der Waals surface area (Å²) in [7, 11) is 0. The Labute approximate surface area is 222 Å². The molecule has 1 saturated heterocycles. The van der Waals surface area contributed by atoms with Gasteiger partial charge in [0.05, 0.1) is 35.0 Å². The molecule has 0 saturated carbocycles. The Morgan fingerprint density at radius 2 is 1.73 bits per heavy atom. The molecule has 196 valence electrons. The molecule has 11 heteroatoms. The number of para-hydroxylation sites is 1. The van der Waals surface area contributed by atoms with Crippen LogP contribution in [0.3, 0.4) is 0 Å². The first kappa shape index (κ1) is 27.2. The lowest BCUT2D eigenvalue weighted by molar-refractivity contribution is -0.0153. The summed E-state index contributed by atoms with van der Waals surface area (Å²) in [6, 6.07) is 10.3. The second kappa shape index (κ2) is 12.1. The van der Waals surface area contributed by atoms with Gasteiger partial charge in [-0.25, -0.2) is 8.78 Å². The van der Waals surface area contributed by atoms with Gasteiger partial charge in [-0.2, -0.15) is 0 Å². The molecule has 0 amide bonds. The average Bonchev–Trinajstić information content (AvgIpc) is 2.88. The van der Waals surface area contributed by atoms with E-state index >= 15 is 0 Å². The van der Waals surface area contributed by atoms with Crippen molar-refractivity contribution in [2.75, 3.05) is 26.3 Å². The van der Waals surface area contributed by atoms with Crippen LogP contribution in [-0.2, 0) is 4.84 Å². The summed E-state index contributed by atoms with van der Waals surface area (Å²) in [6.45, 7) is 0.836. The average molecular weight is 552 g/mol. The van der Waals surface area contributed by atoms with E-state index in [-0.39, 0.29) is 52.4 Å². The highest BCUT2D eigenvalue weighted by atomic mass is 35.5. The highest BCUT2D eigenvalue weighted by Gasteiger charge is 2.26. The van der Waals surface area contributed by atoms with Gasteiger partial charge in [0.2, 0.25) is 0 Å². The number of piperidine rings is 1. The molecule has 0 bridgehead atoms. The van der Waals surface area contributed by atoms with Crippen molar-refractivity contribution in [3.05, 3.63) is 97.9 Å². The molecule has 0 aliphatic carbocycles. The minimum absolute atomic E-state index is 0.0186.